The minimum Gasteiger partial charge on any atom is -0.347 e. The van der Waals surface area contributed by atoms with E-state index in [1.807, 2.05) is 31.4 Å². The molecule has 7 nitrogen and oxygen atoms in total. The summed E-state index contributed by atoms with van der Waals surface area (Å²) in [5.74, 6) is 1.20. The van der Waals surface area contributed by atoms with Gasteiger partial charge in [0, 0.05) is 69.9 Å². The monoisotopic (exact) mass is 300 g/mol. The summed E-state index contributed by atoms with van der Waals surface area (Å²) in [6, 6.07) is 3.22. The third kappa shape index (κ3) is 3.30. The lowest BCUT2D eigenvalue weighted by molar-refractivity contribution is 0.0764. The maximum atomic E-state index is 11.6. The molecule has 0 bridgehead atoms. The Morgan fingerprint density at radius 1 is 1.27 bits per heavy atom. The van der Waals surface area contributed by atoms with Gasteiger partial charge in [-0.3, -0.25) is 9.69 Å². The molecule has 0 N–H and O–H groups in total. The Labute approximate surface area is 129 Å². The highest BCUT2D eigenvalue weighted by Crippen LogP contribution is 2.19. The van der Waals surface area contributed by atoms with Crippen LogP contribution in [0, 0.1) is 5.92 Å². The van der Waals surface area contributed by atoms with Crippen molar-refractivity contribution in [2.45, 2.75) is 13.1 Å². The van der Waals surface area contributed by atoms with E-state index in [1.165, 1.54) is 4.68 Å². The van der Waals surface area contributed by atoms with Gasteiger partial charge in [0.15, 0.2) is 0 Å². The molecule has 1 saturated heterocycles. The summed E-state index contributed by atoms with van der Waals surface area (Å²) in [6.07, 6.45) is 5.40. The first kappa shape index (κ1) is 14.6. The minimum atomic E-state index is -0.0337. The van der Waals surface area contributed by atoms with E-state index in [4.69, 9.17) is 0 Å². The molecule has 22 heavy (non-hydrogen) atoms. The van der Waals surface area contributed by atoms with Gasteiger partial charge in [-0.2, -0.15) is 5.10 Å². The third-order valence-corrected chi connectivity index (χ3v) is 3.75. The summed E-state index contributed by atoms with van der Waals surface area (Å²) in [5.41, 5.74) is 1.08. The maximum Gasteiger partial charge on any atom is 0.266 e. The molecule has 0 radical (unpaired) electrons. The van der Waals surface area contributed by atoms with Gasteiger partial charge in [0.05, 0.1) is 6.54 Å². The highest BCUT2D eigenvalue weighted by atomic mass is 16.1. The van der Waals surface area contributed by atoms with Crippen LogP contribution in [0.25, 0.3) is 0 Å². The van der Waals surface area contributed by atoms with Crippen LogP contribution in [0.15, 0.2) is 35.5 Å². The summed E-state index contributed by atoms with van der Waals surface area (Å²) in [6.45, 7) is 3.48. The van der Waals surface area contributed by atoms with Crippen molar-refractivity contribution >= 4 is 5.95 Å². The summed E-state index contributed by atoms with van der Waals surface area (Å²) in [5, 5.41) is 4.10. The second kappa shape index (κ2) is 6.23. The van der Waals surface area contributed by atoms with Crippen molar-refractivity contribution in [1.82, 2.24) is 24.6 Å². The molecule has 2 aromatic heterocycles. The van der Waals surface area contributed by atoms with E-state index in [0.29, 0.717) is 12.5 Å². The van der Waals surface area contributed by atoms with Crippen LogP contribution in [0.2, 0.25) is 0 Å². The van der Waals surface area contributed by atoms with Crippen LogP contribution in [0.1, 0.15) is 5.56 Å². The third-order valence-electron chi connectivity index (χ3n) is 3.75. The van der Waals surface area contributed by atoms with E-state index in [1.54, 1.807) is 18.3 Å². The highest BCUT2D eigenvalue weighted by Gasteiger charge is 2.27. The lowest BCUT2D eigenvalue weighted by Crippen LogP contribution is -2.48. The van der Waals surface area contributed by atoms with Gasteiger partial charge in [-0.05, 0) is 6.07 Å². The number of aromatic nitrogens is 4. The Bertz CT molecular complexity index is 675. The lowest BCUT2D eigenvalue weighted by atomic mass is 10.00. The van der Waals surface area contributed by atoms with Crippen LogP contribution in [0.4, 0.5) is 5.95 Å². The zero-order valence-corrected chi connectivity index (χ0v) is 12.9. The van der Waals surface area contributed by atoms with Gasteiger partial charge in [-0.1, -0.05) is 0 Å². The molecule has 0 aliphatic carbocycles. The van der Waals surface area contributed by atoms with E-state index >= 15 is 0 Å². The summed E-state index contributed by atoms with van der Waals surface area (Å²) < 4.78 is 1.54. The lowest BCUT2D eigenvalue weighted by Gasteiger charge is -2.39. The first-order valence-electron chi connectivity index (χ1n) is 7.34. The summed E-state index contributed by atoms with van der Waals surface area (Å²) >= 11 is 0. The quantitative estimate of drug-likeness (QED) is 0.787. The molecule has 0 spiro atoms. The van der Waals surface area contributed by atoms with Gasteiger partial charge in [0.2, 0.25) is 5.95 Å². The molecular formula is C15H20N6O. The van der Waals surface area contributed by atoms with Gasteiger partial charge in [0.25, 0.3) is 5.56 Å². The molecule has 3 rings (SSSR count). The van der Waals surface area contributed by atoms with Crippen molar-refractivity contribution in [3.8, 4) is 0 Å². The maximum absolute atomic E-state index is 11.6. The van der Waals surface area contributed by atoms with Crippen LogP contribution >= 0.6 is 0 Å². The molecule has 1 aliphatic rings. The molecular weight excluding hydrogens is 280 g/mol. The second-order valence-electron chi connectivity index (χ2n) is 5.89. The largest absolute Gasteiger partial charge is 0.347 e. The molecule has 1 aliphatic heterocycles. The smallest absolute Gasteiger partial charge is 0.266 e. The van der Waals surface area contributed by atoms with Gasteiger partial charge < -0.3 is 4.90 Å². The Morgan fingerprint density at radius 3 is 2.64 bits per heavy atom. The Hall–Kier alpha value is -2.28. The molecule has 3 heterocycles. The Morgan fingerprint density at radius 2 is 2.00 bits per heavy atom. The number of rotatable bonds is 5. The normalized spacial score (nSPS) is 15.5. The SMILES string of the molecule is CN(C)c1ncc(CN2CC(Cn3ncccc3=O)C2)cn1. The van der Waals surface area contributed by atoms with E-state index in [2.05, 4.69) is 20.0 Å². The number of hydrogen-bond acceptors (Lipinski definition) is 6. The van der Waals surface area contributed by atoms with Crippen LogP contribution in [0.5, 0.6) is 0 Å². The zero-order valence-electron chi connectivity index (χ0n) is 12.9. The van der Waals surface area contributed by atoms with E-state index in [-0.39, 0.29) is 5.56 Å². The number of nitrogens with zero attached hydrogens (tertiary/aromatic N) is 6. The van der Waals surface area contributed by atoms with Crippen molar-refractivity contribution < 1.29 is 0 Å². The number of anilines is 1. The average molecular weight is 300 g/mol. The molecule has 0 aromatic carbocycles. The first-order valence-corrected chi connectivity index (χ1v) is 7.34. The fraction of sp³-hybridized carbons (Fsp3) is 0.467. The summed E-state index contributed by atoms with van der Waals surface area (Å²) in [7, 11) is 3.85. The summed E-state index contributed by atoms with van der Waals surface area (Å²) in [4.78, 5) is 24.5. The number of likely N-dealkylation sites (tertiary alicyclic amines) is 1. The first-order chi connectivity index (χ1) is 10.6. The van der Waals surface area contributed by atoms with Crippen LogP contribution in [0.3, 0.4) is 0 Å². The molecule has 0 saturated carbocycles. The minimum absolute atomic E-state index is 0.0337. The molecule has 0 amide bonds. The highest BCUT2D eigenvalue weighted by molar-refractivity contribution is 5.26. The molecule has 116 valence electrons. The van der Waals surface area contributed by atoms with Crippen LogP contribution in [-0.4, -0.2) is 51.8 Å². The Kier molecular flexibility index (Phi) is 4.15. The van der Waals surface area contributed by atoms with Gasteiger partial charge in [-0.15, -0.1) is 0 Å². The topological polar surface area (TPSA) is 67.2 Å². The second-order valence-corrected chi connectivity index (χ2v) is 5.89. The molecule has 0 atom stereocenters. The molecule has 0 unspecified atom stereocenters. The van der Waals surface area contributed by atoms with Gasteiger partial charge >= 0.3 is 0 Å². The average Bonchev–Trinajstić information content (AvgIpc) is 2.47. The van der Waals surface area contributed by atoms with Crippen molar-refractivity contribution in [2.24, 2.45) is 5.92 Å². The van der Waals surface area contributed by atoms with Crippen molar-refractivity contribution in [3.63, 3.8) is 0 Å². The Balaban J connectivity index is 1.49. The van der Waals surface area contributed by atoms with Crippen LogP contribution in [-0.2, 0) is 13.1 Å². The fourth-order valence-electron chi connectivity index (χ4n) is 2.61. The molecule has 7 heteroatoms. The molecule has 1 fully saturated rings. The van der Waals surface area contributed by atoms with Crippen molar-refractivity contribution in [3.05, 3.63) is 46.6 Å². The van der Waals surface area contributed by atoms with Gasteiger partial charge in [-0.25, -0.2) is 14.6 Å². The van der Waals surface area contributed by atoms with Crippen molar-refractivity contribution in [2.75, 3.05) is 32.1 Å². The van der Waals surface area contributed by atoms with Crippen molar-refractivity contribution in [1.29, 1.82) is 0 Å². The standard InChI is InChI=1S/C15H20N6O/c1-19(2)15-16-6-12(7-17-15)8-20-9-13(10-20)11-21-14(22)4-3-5-18-21/h3-7,13H,8-11H2,1-2H3. The predicted octanol–water partition coefficient (Wildman–Crippen LogP) is 0.231. The van der Waals surface area contributed by atoms with E-state index < -0.39 is 0 Å². The predicted molar refractivity (Wildman–Crippen MR) is 83.6 cm³/mol. The fourth-order valence-corrected chi connectivity index (χ4v) is 2.61. The van der Waals surface area contributed by atoms with E-state index in [0.717, 1.165) is 31.1 Å². The number of hydrogen-bond donors (Lipinski definition) is 0. The van der Waals surface area contributed by atoms with Crippen LogP contribution < -0.4 is 10.5 Å². The molecule has 2 aromatic rings. The van der Waals surface area contributed by atoms with Gasteiger partial charge in [0.1, 0.15) is 0 Å². The zero-order chi connectivity index (χ0) is 15.5. The van der Waals surface area contributed by atoms with E-state index in [9.17, 15) is 4.79 Å².